The van der Waals surface area contributed by atoms with Crippen molar-refractivity contribution < 1.29 is 19.2 Å². The van der Waals surface area contributed by atoms with Gasteiger partial charge in [-0.2, -0.15) is 0 Å². The first kappa shape index (κ1) is 21.4. The number of amides is 1. The molecule has 0 radical (unpaired) electrons. The number of thiocarbonyl (C=S) groups is 1. The molecule has 1 amide bonds. The van der Waals surface area contributed by atoms with E-state index in [0.29, 0.717) is 26.2 Å². The molecule has 1 heterocycles. The Bertz CT molecular complexity index is 589. The highest BCUT2D eigenvalue weighted by Gasteiger charge is 2.23. The standard InChI is InChI=1S/C19H30N4O3S/c1-25-13-3-8-20-18(24)15-22-9-11-23(12-10-22)19(27)21-14-16-4-6-17(26-2)7-5-16/h4-7H,3,8-15H2,1-2H3,(H,20,24)(H,21,27)/p+1. The minimum Gasteiger partial charge on any atom is -0.497 e. The topological polar surface area (TPSA) is 67.3 Å². The molecular weight excluding hydrogens is 364 g/mol. The number of ether oxygens (including phenoxy) is 2. The molecule has 0 aromatic heterocycles. The zero-order valence-electron chi connectivity index (χ0n) is 16.3. The monoisotopic (exact) mass is 395 g/mol. The van der Waals surface area contributed by atoms with Gasteiger partial charge in [0.1, 0.15) is 5.75 Å². The zero-order valence-corrected chi connectivity index (χ0v) is 17.1. The Labute approximate surface area is 167 Å². The van der Waals surface area contributed by atoms with Crippen LogP contribution in [0.4, 0.5) is 0 Å². The summed E-state index contributed by atoms with van der Waals surface area (Å²) in [6, 6.07) is 7.95. The summed E-state index contributed by atoms with van der Waals surface area (Å²) in [5.41, 5.74) is 1.16. The summed E-state index contributed by atoms with van der Waals surface area (Å²) in [6.45, 7) is 6.11. The zero-order chi connectivity index (χ0) is 19.5. The molecule has 1 aromatic carbocycles. The number of benzene rings is 1. The second kappa shape index (κ2) is 11.7. The van der Waals surface area contributed by atoms with Crippen LogP contribution in [0.5, 0.6) is 5.75 Å². The average Bonchev–Trinajstić information content (AvgIpc) is 2.70. The van der Waals surface area contributed by atoms with E-state index in [0.717, 1.165) is 49.0 Å². The number of quaternary nitrogens is 1. The summed E-state index contributed by atoms with van der Waals surface area (Å²) in [4.78, 5) is 15.4. The molecule has 0 aliphatic carbocycles. The lowest BCUT2D eigenvalue weighted by Gasteiger charge is -2.33. The number of methoxy groups -OCH3 is 2. The van der Waals surface area contributed by atoms with Gasteiger partial charge in [-0.25, -0.2) is 0 Å². The number of rotatable bonds is 9. The molecule has 1 aliphatic rings. The molecule has 7 nitrogen and oxygen atoms in total. The molecule has 0 bridgehead atoms. The van der Waals surface area contributed by atoms with Crippen LogP contribution in [0.2, 0.25) is 0 Å². The number of carbonyl (C=O) groups is 1. The Hall–Kier alpha value is -1.90. The van der Waals surface area contributed by atoms with Crippen molar-refractivity contribution in [3.8, 4) is 5.75 Å². The van der Waals surface area contributed by atoms with E-state index >= 15 is 0 Å². The molecule has 0 saturated carbocycles. The van der Waals surface area contributed by atoms with Gasteiger partial charge >= 0.3 is 0 Å². The second-order valence-corrected chi connectivity index (χ2v) is 7.00. The van der Waals surface area contributed by atoms with Crippen molar-refractivity contribution in [3.63, 3.8) is 0 Å². The lowest BCUT2D eigenvalue weighted by Crippen LogP contribution is -3.15. The summed E-state index contributed by atoms with van der Waals surface area (Å²) >= 11 is 5.52. The SMILES string of the molecule is COCCCNC(=O)C[NH+]1CCN(C(=S)NCc2ccc(OC)cc2)CC1. The lowest BCUT2D eigenvalue weighted by molar-refractivity contribution is -0.895. The maximum absolute atomic E-state index is 12.0. The minimum absolute atomic E-state index is 0.106. The van der Waals surface area contributed by atoms with E-state index in [4.69, 9.17) is 21.7 Å². The fraction of sp³-hybridized carbons (Fsp3) is 0.579. The van der Waals surface area contributed by atoms with Crippen LogP contribution in [-0.2, 0) is 16.1 Å². The molecule has 27 heavy (non-hydrogen) atoms. The molecule has 1 saturated heterocycles. The highest BCUT2D eigenvalue weighted by Crippen LogP contribution is 2.11. The van der Waals surface area contributed by atoms with Crippen molar-refractivity contribution in [3.05, 3.63) is 29.8 Å². The van der Waals surface area contributed by atoms with Crippen LogP contribution in [0.3, 0.4) is 0 Å². The van der Waals surface area contributed by atoms with Crippen LogP contribution in [0.1, 0.15) is 12.0 Å². The van der Waals surface area contributed by atoms with E-state index in [-0.39, 0.29) is 5.91 Å². The van der Waals surface area contributed by atoms with E-state index < -0.39 is 0 Å². The van der Waals surface area contributed by atoms with Gasteiger partial charge in [0, 0.05) is 26.8 Å². The van der Waals surface area contributed by atoms with Gasteiger partial charge in [0.05, 0.1) is 33.3 Å². The molecule has 150 valence electrons. The Kier molecular flexibility index (Phi) is 9.30. The number of hydrogen-bond acceptors (Lipinski definition) is 4. The Morgan fingerprint density at radius 1 is 1.19 bits per heavy atom. The maximum atomic E-state index is 12.0. The van der Waals surface area contributed by atoms with Gasteiger partial charge in [0.25, 0.3) is 5.91 Å². The summed E-state index contributed by atoms with van der Waals surface area (Å²) in [7, 11) is 3.33. The predicted molar refractivity (Wildman–Crippen MR) is 109 cm³/mol. The van der Waals surface area contributed by atoms with Gasteiger partial charge in [0.15, 0.2) is 11.7 Å². The van der Waals surface area contributed by atoms with Crippen LogP contribution in [-0.4, -0.2) is 76.0 Å². The number of nitrogens with one attached hydrogen (secondary N) is 3. The molecule has 0 spiro atoms. The molecule has 3 N–H and O–H groups in total. The van der Waals surface area contributed by atoms with E-state index in [1.165, 1.54) is 4.90 Å². The normalized spacial score (nSPS) is 14.7. The average molecular weight is 396 g/mol. The lowest BCUT2D eigenvalue weighted by atomic mass is 10.2. The highest BCUT2D eigenvalue weighted by molar-refractivity contribution is 7.80. The quantitative estimate of drug-likeness (QED) is 0.384. The third-order valence-corrected chi connectivity index (χ3v) is 5.02. The predicted octanol–water partition coefficient (Wildman–Crippen LogP) is -0.577. The number of piperazine rings is 1. The fourth-order valence-electron chi connectivity index (χ4n) is 2.97. The number of nitrogens with zero attached hydrogens (tertiary/aromatic N) is 1. The third-order valence-electron chi connectivity index (χ3n) is 4.62. The first-order chi connectivity index (χ1) is 13.1. The molecular formula is C19H31N4O3S+. The Morgan fingerprint density at radius 2 is 1.89 bits per heavy atom. The Morgan fingerprint density at radius 3 is 2.52 bits per heavy atom. The van der Waals surface area contributed by atoms with Crippen molar-refractivity contribution >= 4 is 23.2 Å². The molecule has 2 rings (SSSR count). The summed E-state index contributed by atoms with van der Waals surface area (Å²) in [6.07, 6.45) is 0.847. The van der Waals surface area contributed by atoms with Crippen LogP contribution < -0.4 is 20.3 Å². The molecule has 0 atom stereocenters. The van der Waals surface area contributed by atoms with Gasteiger partial charge in [-0.05, 0) is 36.3 Å². The van der Waals surface area contributed by atoms with E-state index in [1.807, 2.05) is 24.3 Å². The van der Waals surface area contributed by atoms with Crippen LogP contribution in [0, 0.1) is 0 Å². The molecule has 8 heteroatoms. The van der Waals surface area contributed by atoms with Crippen molar-refractivity contribution in [2.75, 3.05) is 60.1 Å². The second-order valence-electron chi connectivity index (χ2n) is 6.62. The van der Waals surface area contributed by atoms with Crippen molar-refractivity contribution in [1.29, 1.82) is 0 Å². The Balaban J connectivity index is 1.64. The van der Waals surface area contributed by atoms with Crippen LogP contribution in [0.25, 0.3) is 0 Å². The van der Waals surface area contributed by atoms with Crippen molar-refractivity contribution in [2.45, 2.75) is 13.0 Å². The molecule has 1 aromatic rings. The smallest absolute Gasteiger partial charge is 0.275 e. The maximum Gasteiger partial charge on any atom is 0.275 e. The fourth-order valence-corrected chi connectivity index (χ4v) is 3.22. The first-order valence-electron chi connectivity index (χ1n) is 9.37. The molecule has 1 aliphatic heterocycles. The van der Waals surface area contributed by atoms with E-state index in [2.05, 4.69) is 15.5 Å². The minimum atomic E-state index is 0.106. The van der Waals surface area contributed by atoms with E-state index in [9.17, 15) is 4.79 Å². The summed E-state index contributed by atoms with van der Waals surface area (Å²) in [5, 5.41) is 7.03. The van der Waals surface area contributed by atoms with Crippen molar-refractivity contribution in [1.82, 2.24) is 15.5 Å². The first-order valence-corrected chi connectivity index (χ1v) is 9.78. The van der Waals surface area contributed by atoms with Gasteiger partial charge in [0.2, 0.25) is 0 Å². The van der Waals surface area contributed by atoms with Crippen LogP contribution >= 0.6 is 12.2 Å². The number of hydrogen-bond donors (Lipinski definition) is 3. The van der Waals surface area contributed by atoms with Crippen molar-refractivity contribution in [2.24, 2.45) is 0 Å². The highest BCUT2D eigenvalue weighted by atomic mass is 32.1. The van der Waals surface area contributed by atoms with Gasteiger partial charge in [-0.1, -0.05) is 12.1 Å². The van der Waals surface area contributed by atoms with Crippen LogP contribution in [0.15, 0.2) is 24.3 Å². The largest absolute Gasteiger partial charge is 0.497 e. The summed E-state index contributed by atoms with van der Waals surface area (Å²) < 4.78 is 10.1. The molecule has 1 fully saturated rings. The van der Waals surface area contributed by atoms with E-state index in [1.54, 1.807) is 14.2 Å². The third kappa shape index (κ3) is 7.70. The van der Waals surface area contributed by atoms with Gasteiger partial charge in [-0.15, -0.1) is 0 Å². The molecule has 0 unspecified atom stereocenters. The number of carbonyl (C=O) groups excluding carboxylic acids is 1. The van der Waals surface area contributed by atoms with Gasteiger partial charge < -0.3 is 29.9 Å². The van der Waals surface area contributed by atoms with Gasteiger partial charge in [-0.3, -0.25) is 4.79 Å². The summed E-state index contributed by atoms with van der Waals surface area (Å²) in [5.74, 6) is 0.956.